The number of rotatable bonds is 5. The first-order chi connectivity index (χ1) is 9.58. The molecule has 1 aromatic rings. The molecule has 0 radical (unpaired) electrons. The molecule has 0 aromatic carbocycles. The summed E-state index contributed by atoms with van der Waals surface area (Å²) < 4.78 is 0. The lowest BCUT2D eigenvalue weighted by Gasteiger charge is -2.43. The largest absolute Gasteiger partial charge is 0.409 e. The van der Waals surface area contributed by atoms with E-state index in [1.807, 2.05) is 19.1 Å². The second-order valence-electron chi connectivity index (χ2n) is 5.45. The number of nitrogens with one attached hydrogen (secondary N) is 1. The maximum absolute atomic E-state index is 12.3. The van der Waals surface area contributed by atoms with E-state index in [-0.39, 0.29) is 11.7 Å². The second-order valence-corrected chi connectivity index (χ2v) is 5.45. The average Bonchev–Trinajstić information content (AvgIpc) is 2.43. The summed E-state index contributed by atoms with van der Waals surface area (Å²) in [5, 5.41) is 14.7. The number of aromatic nitrogens is 1. The number of nitrogens with zero attached hydrogens (tertiary/aromatic N) is 2. The van der Waals surface area contributed by atoms with Crippen molar-refractivity contribution >= 4 is 11.7 Å². The van der Waals surface area contributed by atoms with Gasteiger partial charge in [-0.2, -0.15) is 0 Å². The lowest BCUT2D eigenvalue weighted by molar-refractivity contribution is -0.133. The fourth-order valence-electron chi connectivity index (χ4n) is 2.77. The normalized spacial score (nSPS) is 25.9. The van der Waals surface area contributed by atoms with E-state index < -0.39 is 5.41 Å². The summed E-state index contributed by atoms with van der Waals surface area (Å²) in [7, 11) is 0. The van der Waals surface area contributed by atoms with Crippen molar-refractivity contribution in [2.75, 3.05) is 6.54 Å². The van der Waals surface area contributed by atoms with Gasteiger partial charge >= 0.3 is 0 Å². The van der Waals surface area contributed by atoms with Crippen LogP contribution < -0.4 is 11.1 Å². The Morgan fingerprint density at radius 1 is 1.65 bits per heavy atom. The number of nitrogens with two attached hydrogens (primary N) is 1. The monoisotopic (exact) mass is 276 g/mol. The Labute approximate surface area is 118 Å². The highest BCUT2D eigenvalue weighted by Crippen LogP contribution is 2.45. The van der Waals surface area contributed by atoms with E-state index in [1.165, 1.54) is 0 Å². The Bertz CT molecular complexity index is 495. The third-order valence-corrected chi connectivity index (χ3v) is 3.85. The minimum atomic E-state index is -0.830. The van der Waals surface area contributed by atoms with E-state index in [0.29, 0.717) is 31.7 Å². The van der Waals surface area contributed by atoms with Gasteiger partial charge in [-0.25, -0.2) is 0 Å². The summed E-state index contributed by atoms with van der Waals surface area (Å²) in [6.45, 7) is 2.56. The van der Waals surface area contributed by atoms with Gasteiger partial charge in [-0.1, -0.05) is 18.1 Å². The van der Waals surface area contributed by atoms with Crippen molar-refractivity contribution in [3.8, 4) is 0 Å². The highest BCUT2D eigenvalue weighted by Gasteiger charge is 2.51. The lowest BCUT2D eigenvalue weighted by atomic mass is 9.61. The maximum atomic E-state index is 12.3. The molecule has 1 aromatic heterocycles. The molecule has 1 amide bonds. The fourth-order valence-corrected chi connectivity index (χ4v) is 2.77. The molecule has 0 atom stereocenters. The van der Waals surface area contributed by atoms with Gasteiger partial charge in [0.1, 0.15) is 5.41 Å². The fraction of sp³-hybridized carbons (Fsp3) is 0.500. The number of hydrogen-bond donors (Lipinski definition) is 3. The zero-order chi connectivity index (χ0) is 14.6. The van der Waals surface area contributed by atoms with E-state index in [9.17, 15) is 4.79 Å². The van der Waals surface area contributed by atoms with Crippen LogP contribution >= 0.6 is 0 Å². The number of pyridine rings is 1. The minimum absolute atomic E-state index is 0.00878. The summed E-state index contributed by atoms with van der Waals surface area (Å²) in [5.41, 5.74) is 5.92. The van der Waals surface area contributed by atoms with Gasteiger partial charge in [0.25, 0.3) is 0 Å². The number of carbonyl (C=O) groups excluding carboxylic acids is 1. The Morgan fingerprint density at radius 2 is 2.40 bits per heavy atom. The van der Waals surface area contributed by atoms with Gasteiger partial charge < -0.3 is 16.3 Å². The van der Waals surface area contributed by atoms with Gasteiger partial charge in [-0.3, -0.25) is 9.78 Å². The Balaban J connectivity index is 1.90. The molecule has 2 rings (SSSR count). The number of amides is 1. The van der Waals surface area contributed by atoms with Crippen LogP contribution in [-0.4, -0.2) is 28.5 Å². The molecule has 0 aliphatic heterocycles. The Hall–Kier alpha value is -2.11. The van der Waals surface area contributed by atoms with Crippen LogP contribution in [0.1, 0.15) is 25.3 Å². The maximum Gasteiger partial charge on any atom is 0.233 e. The topological polar surface area (TPSA) is 101 Å². The van der Waals surface area contributed by atoms with Crippen LogP contribution in [-0.2, 0) is 11.2 Å². The van der Waals surface area contributed by atoms with Crippen LogP contribution in [0.15, 0.2) is 29.7 Å². The molecule has 1 heterocycles. The minimum Gasteiger partial charge on any atom is -0.409 e. The molecule has 1 fully saturated rings. The summed E-state index contributed by atoms with van der Waals surface area (Å²) in [6, 6.07) is 3.83. The molecule has 6 nitrogen and oxygen atoms in total. The molecular formula is C14H20N4O2. The second kappa shape index (κ2) is 5.90. The van der Waals surface area contributed by atoms with Gasteiger partial charge in [0.2, 0.25) is 5.91 Å². The predicted octanol–water partition coefficient (Wildman–Crippen LogP) is 0.903. The van der Waals surface area contributed by atoms with E-state index in [0.717, 1.165) is 5.56 Å². The van der Waals surface area contributed by atoms with Gasteiger partial charge in [-0.05, 0) is 36.8 Å². The molecule has 0 unspecified atom stereocenters. The quantitative estimate of drug-likeness (QED) is 0.322. The molecule has 0 spiro atoms. The van der Waals surface area contributed by atoms with Gasteiger partial charge in [-0.15, -0.1) is 0 Å². The molecule has 0 saturated heterocycles. The third-order valence-electron chi connectivity index (χ3n) is 3.85. The van der Waals surface area contributed by atoms with Crippen molar-refractivity contribution in [1.29, 1.82) is 0 Å². The highest BCUT2D eigenvalue weighted by atomic mass is 16.4. The molecule has 0 bridgehead atoms. The molecule has 1 aliphatic rings. The van der Waals surface area contributed by atoms with E-state index >= 15 is 0 Å². The zero-order valence-electron chi connectivity index (χ0n) is 11.5. The summed E-state index contributed by atoms with van der Waals surface area (Å²) in [4.78, 5) is 16.3. The summed E-state index contributed by atoms with van der Waals surface area (Å²) >= 11 is 0. The highest BCUT2D eigenvalue weighted by molar-refractivity contribution is 6.07. The number of carbonyl (C=O) groups is 1. The SMILES string of the molecule is CC1CC(C(=O)NCCc2cccnc2)(/C(N)=N/O)C1. The molecule has 1 aliphatic carbocycles. The van der Waals surface area contributed by atoms with E-state index in [2.05, 4.69) is 15.5 Å². The molecule has 1 saturated carbocycles. The predicted molar refractivity (Wildman–Crippen MR) is 75.2 cm³/mol. The number of hydrogen-bond acceptors (Lipinski definition) is 4. The van der Waals surface area contributed by atoms with E-state index in [4.69, 9.17) is 10.9 Å². The first kappa shape index (κ1) is 14.3. The van der Waals surface area contributed by atoms with Crippen molar-refractivity contribution in [3.63, 3.8) is 0 Å². The van der Waals surface area contributed by atoms with Crippen molar-refractivity contribution in [1.82, 2.24) is 10.3 Å². The smallest absolute Gasteiger partial charge is 0.233 e. The van der Waals surface area contributed by atoms with Crippen LogP contribution in [0.25, 0.3) is 0 Å². The van der Waals surface area contributed by atoms with Crippen molar-refractivity contribution in [2.24, 2.45) is 22.2 Å². The average molecular weight is 276 g/mol. The van der Waals surface area contributed by atoms with Crippen molar-refractivity contribution < 1.29 is 10.0 Å². The van der Waals surface area contributed by atoms with E-state index in [1.54, 1.807) is 12.4 Å². The van der Waals surface area contributed by atoms with Crippen LogP contribution in [0.4, 0.5) is 0 Å². The molecule has 108 valence electrons. The molecule has 4 N–H and O–H groups in total. The van der Waals surface area contributed by atoms with Crippen molar-refractivity contribution in [2.45, 2.75) is 26.2 Å². The Kier molecular flexibility index (Phi) is 4.22. The summed E-state index contributed by atoms with van der Waals surface area (Å²) in [5.74, 6) is 0.267. The first-order valence-corrected chi connectivity index (χ1v) is 6.73. The molecule has 6 heteroatoms. The molecule has 20 heavy (non-hydrogen) atoms. The number of oxime groups is 1. The van der Waals surface area contributed by atoms with Crippen LogP contribution in [0, 0.1) is 11.3 Å². The van der Waals surface area contributed by atoms with Crippen LogP contribution in [0.5, 0.6) is 0 Å². The molecular weight excluding hydrogens is 256 g/mol. The zero-order valence-corrected chi connectivity index (χ0v) is 11.5. The third kappa shape index (κ3) is 2.74. The first-order valence-electron chi connectivity index (χ1n) is 6.73. The van der Waals surface area contributed by atoms with Gasteiger partial charge in [0.15, 0.2) is 5.84 Å². The van der Waals surface area contributed by atoms with Crippen molar-refractivity contribution in [3.05, 3.63) is 30.1 Å². The lowest BCUT2D eigenvalue weighted by Crippen LogP contribution is -2.57. The van der Waals surface area contributed by atoms with Crippen LogP contribution in [0.3, 0.4) is 0 Å². The standard InChI is InChI=1S/C14H20N4O2/c1-10-7-14(8-10,12(15)18-20)13(19)17-6-4-11-3-2-5-16-9-11/h2-3,5,9-10,20H,4,6-8H2,1H3,(H2,15,18)(H,17,19). The van der Waals surface area contributed by atoms with Gasteiger partial charge in [0.05, 0.1) is 0 Å². The van der Waals surface area contributed by atoms with Crippen LogP contribution in [0.2, 0.25) is 0 Å². The van der Waals surface area contributed by atoms with Gasteiger partial charge in [0, 0.05) is 18.9 Å². The number of amidine groups is 1. The Morgan fingerprint density at radius 3 is 2.95 bits per heavy atom. The summed E-state index contributed by atoms with van der Waals surface area (Å²) in [6.07, 6.45) is 5.45.